The lowest BCUT2D eigenvalue weighted by Crippen LogP contribution is -2.46. The molecule has 1 aliphatic heterocycles. The Hall–Kier alpha value is -0.280. The first kappa shape index (κ1) is 14.6. The molecule has 110 valence electrons. The van der Waals surface area contributed by atoms with Gasteiger partial charge in [-0.2, -0.15) is 0 Å². The minimum absolute atomic E-state index is 0.482. The maximum atomic E-state index is 6.22. The van der Waals surface area contributed by atoms with Crippen LogP contribution in [0.2, 0.25) is 10.0 Å². The van der Waals surface area contributed by atoms with Crippen LogP contribution in [0.4, 0.5) is 0 Å². The minimum atomic E-state index is 0.482. The van der Waals surface area contributed by atoms with Crippen LogP contribution in [0, 0.1) is 5.92 Å². The van der Waals surface area contributed by atoms with E-state index >= 15 is 0 Å². The number of nitrogens with zero attached hydrogens (tertiary/aromatic N) is 1. The minimum Gasteiger partial charge on any atom is -0.314 e. The van der Waals surface area contributed by atoms with Crippen molar-refractivity contribution in [2.24, 2.45) is 5.92 Å². The molecule has 0 spiro atoms. The van der Waals surface area contributed by atoms with Gasteiger partial charge in [-0.3, -0.25) is 4.90 Å². The van der Waals surface area contributed by atoms with Crippen LogP contribution < -0.4 is 5.32 Å². The van der Waals surface area contributed by atoms with Crippen molar-refractivity contribution in [1.82, 2.24) is 10.2 Å². The van der Waals surface area contributed by atoms with Crippen molar-refractivity contribution in [1.29, 1.82) is 0 Å². The third kappa shape index (κ3) is 3.30. The van der Waals surface area contributed by atoms with Gasteiger partial charge >= 0.3 is 0 Å². The predicted molar refractivity (Wildman–Crippen MR) is 85.6 cm³/mol. The Labute approximate surface area is 131 Å². The summed E-state index contributed by atoms with van der Waals surface area (Å²) in [4.78, 5) is 2.62. The first-order valence-electron chi connectivity index (χ1n) is 7.65. The molecule has 3 rings (SSSR count). The molecule has 0 radical (unpaired) electrons. The molecule has 0 amide bonds. The SMILES string of the molecule is Clc1cc(Cl)cc([C@H](C2CCCC2)N2CCNCC2)c1. The fourth-order valence-electron chi connectivity index (χ4n) is 3.76. The molecule has 2 fully saturated rings. The maximum absolute atomic E-state index is 6.22. The Morgan fingerprint density at radius 3 is 2.20 bits per heavy atom. The molecular formula is C16H22Cl2N2. The van der Waals surface area contributed by atoms with Crippen molar-refractivity contribution < 1.29 is 0 Å². The van der Waals surface area contributed by atoms with E-state index in [1.165, 1.54) is 31.2 Å². The van der Waals surface area contributed by atoms with Crippen LogP contribution in [-0.2, 0) is 0 Å². The number of halogens is 2. The van der Waals surface area contributed by atoms with Crippen LogP contribution in [0.3, 0.4) is 0 Å². The molecule has 1 N–H and O–H groups in total. The first-order valence-corrected chi connectivity index (χ1v) is 8.40. The van der Waals surface area contributed by atoms with Gasteiger partial charge in [0.25, 0.3) is 0 Å². The molecule has 4 heteroatoms. The van der Waals surface area contributed by atoms with E-state index in [0.717, 1.165) is 42.1 Å². The van der Waals surface area contributed by atoms with Crippen molar-refractivity contribution >= 4 is 23.2 Å². The number of nitrogens with one attached hydrogen (secondary N) is 1. The molecule has 1 aromatic carbocycles. The Morgan fingerprint density at radius 2 is 1.60 bits per heavy atom. The molecule has 1 aromatic rings. The summed E-state index contributed by atoms with van der Waals surface area (Å²) in [5, 5.41) is 4.95. The lowest BCUT2D eigenvalue weighted by molar-refractivity contribution is 0.125. The number of piperazine rings is 1. The summed E-state index contributed by atoms with van der Waals surface area (Å²) in [7, 11) is 0. The lowest BCUT2D eigenvalue weighted by Gasteiger charge is -2.38. The molecule has 0 bridgehead atoms. The second-order valence-corrected chi connectivity index (χ2v) is 6.85. The van der Waals surface area contributed by atoms with E-state index in [2.05, 4.69) is 22.3 Å². The summed E-state index contributed by atoms with van der Waals surface area (Å²) in [6.07, 6.45) is 5.39. The van der Waals surface area contributed by atoms with Gasteiger partial charge in [0.15, 0.2) is 0 Å². The van der Waals surface area contributed by atoms with E-state index in [0.29, 0.717) is 6.04 Å². The average molecular weight is 313 g/mol. The van der Waals surface area contributed by atoms with Crippen molar-refractivity contribution in [2.75, 3.05) is 26.2 Å². The third-order valence-corrected chi connectivity index (χ3v) is 5.05. The van der Waals surface area contributed by atoms with E-state index < -0.39 is 0 Å². The molecule has 1 heterocycles. The van der Waals surface area contributed by atoms with Crippen LogP contribution in [0.25, 0.3) is 0 Å². The fraction of sp³-hybridized carbons (Fsp3) is 0.625. The van der Waals surface area contributed by atoms with Crippen LogP contribution in [0.15, 0.2) is 18.2 Å². The molecule has 1 saturated heterocycles. The Balaban J connectivity index is 1.90. The number of benzene rings is 1. The number of rotatable bonds is 3. The zero-order valence-corrected chi connectivity index (χ0v) is 13.3. The molecule has 1 saturated carbocycles. The largest absolute Gasteiger partial charge is 0.314 e. The molecule has 2 aliphatic rings. The summed E-state index contributed by atoms with van der Waals surface area (Å²) < 4.78 is 0. The van der Waals surface area contributed by atoms with Gasteiger partial charge in [0.05, 0.1) is 0 Å². The van der Waals surface area contributed by atoms with Gasteiger partial charge in [0.2, 0.25) is 0 Å². The van der Waals surface area contributed by atoms with E-state index in [-0.39, 0.29) is 0 Å². The fourth-order valence-corrected chi connectivity index (χ4v) is 4.30. The molecule has 20 heavy (non-hydrogen) atoms. The summed E-state index contributed by atoms with van der Waals surface area (Å²) in [6.45, 7) is 4.39. The van der Waals surface area contributed by atoms with Gasteiger partial charge < -0.3 is 5.32 Å². The normalized spacial score (nSPS) is 23.1. The van der Waals surface area contributed by atoms with Crippen LogP contribution in [0.5, 0.6) is 0 Å². The van der Waals surface area contributed by atoms with E-state index in [1.807, 2.05) is 6.07 Å². The zero-order valence-electron chi connectivity index (χ0n) is 11.7. The van der Waals surface area contributed by atoms with Crippen molar-refractivity contribution in [2.45, 2.75) is 31.7 Å². The Morgan fingerprint density at radius 1 is 1.00 bits per heavy atom. The average Bonchev–Trinajstić information content (AvgIpc) is 2.93. The highest BCUT2D eigenvalue weighted by Gasteiger charge is 2.32. The third-order valence-electron chi connectivity index (χ3n) is 4.62. The molecule has 0 aromatic heterocycles. The van der Waals surface area contributed by atoms with Crippen LogP contribution in [-0.4, -0.2) is 31.1 Å². The standard InChI is InChI=1S/C16H22Cl2N2/c17-14-9-13(10-15(18)11-14)16(12-3-1-2-4-12)20-7-5-19-6-8-20/h9-12,16,19H,1-8H2/t16-/m0/s1. The number of hydrogen-bond acceptors (Lipinski definition) is 2. The van der Waals surface area contributed by atoms with Gasteiger partial charge in [0.1, 0.15) is 0 Å². The summed E-state index contributed by atoms with van der Waals surface area (Å²) in [5.74, 6) is 0.752. The van der Waals surface area contributed by atoms with E-state index in [1.54, 1.807) is 0 Å². The van der Waals surface area contributed by atoms with Crippen molar-refractivity contribution in [3.63, 3.8) is 0 Å². The van der Waals surface area contributed by atoms with Gasteiger partial charge in [-0.25, -0.2) is 0 Å². The van der Waals surface area contributed by atoms with Gasteiger partial charge in [-0.1, -0.05) is 36.0 Å². The van der Waals surface area contributed by atoms with Gasteiger partial charge in [0, 0.05) is 42.3 Å². The van der Waals surface area contributed by atoms with Gasteiger partial charge in [-0.15, -0.1) is 0 Å². The summed E-state index contributed by atoms with van der Waals surface area (Å²) in [6, 6.07) is 6.53. The summed E-state index contributed by atoms with van der Waals surface area (Å²) in [5.41, 5.74) is 1.30. The predicted octanol–water partition coefficient (Wildman–Crippen LogP) is 4.13. The number of hydrogen-bond donors (Lipinski definition) is 1. The maximum Gasteiger partial charge on any atom is 0.0424 e. The van der Waals surface area contributed by atoms with Crippen molar-refractivity contribution in [3.8, 4) is 0 Å². The second-order valence-electron chi connectivity index (χ2n) is 5.98. The molecule has 1 atom stereocenters. The Kier molecular flexibility index (Phi) is 4.87. The van der Waals surface area contributed by atoms with E-state index in [4.69, 9.17) is 23.2 Å². The molecule has 1 aliphatic carbocycles. The van der Waals surface area contributed by atoms with Gasteiger partial charge in [-0.05, 0) is 42.5 Å². The highest BCUT2D eigenvalue weighted by molar-refractivity contribution is 6.34. The topological polar surface area (TPSA) is 15.3 Å². The molecular weight excluding hydrogens is 291 g/mol. The van der Waals surface area contributed by atoms with Crippen LogP contribution >= 0.6 is 23.2 Å². The zero-order chi connectivity index (χ0) is 13.9. The lowest BCUT2D eigenvalue weighted by atomic mass is 9.90. The monoisotopic (exact) mass is 312 g/mol. The van der Waals surface area contributed by atoms with E-state index in [9.17, 15) is 0 Å². The first-order chi connectivity index (χ1) is 9.74. The quantitative estimate of drug-likeness (QED) is 0.902. The highest BCUT2D eigenvalue weighted by Crippen LogP contribution is 2.40. The Bertz CT molecular complexity index is 432. The highest BCUT2D eigenvalue weighted by atomic mass is 35.5. The molecule has 2 nitrogen and oxygen atoms in total. The van der Waals surface area contributed by atoms with Crippen molar-refractivity contribution in [3.05, 3.63) is 33.8 Å². The van der Waals surface area contributed by atoms with Crippen LogP contribution in [0.1, 0.15) is 37.3 Å². The summed E-state index contributed by atoms with van der Waals surface area (Å²) >= 11 is 12.4. The smallest absolute Gasteiger partial charge is 0.0424 e. The molecule has 0 unspecified atom stereocenters. The second kappa shape index (κ2) is 6.65.